The molecule has 1 amide bonds. The van der Waals surface area contributed by atoms with E-state index in [1.807, 2.05) is 49.1 Å². The quantitative estimate of drug-likeness (QED) is 0.672. The van der Waals surface area contributed by atoms with Crippen molar-refractivity contribution in [3.8, 4) is 5.75 Å². The first-order valence-electron chi connectivity index (χ1n) is 9.61. The summed E-state index contributed by atoms with van der Waals surface area (Å²) in [5.41, 5.74) is 3.27. The first-order valence-corrected chi connectivity index (χ1v) is 10.4. The van der Waals surface area contributed by atoms with Crippen molar-refractivity contribution < 1.29 is 9.53 Å². The molecule has 1 heterocycles. The van der Waals surface area contributed by atoms with Gasteiger partial charge in [0.15, 0.2) is 6.10 Å². The van der Waals surface area contributed by atoms with Crippen molar-refractivity contribution in [2.45, 2.75) is 33.3 Å². The van der Waals surface area contributed by atoms with E-state index in [9.17, 15) is 4.79 Å². The predicted octanol–water partition coefficient (Wildman–Crippen LogP) is 5.12. The Morgan fingerprint density at radius 1 is 1.04 bits per heavy atom. The summed E-state index contributed by atoms with van der Waals surface area (Å²) in [6.45, 7) is 8.88. The average Bonchev–Trinajstić information content (AvgIpc) is 2.70. The molecule has 6 heteroatoms. The van der Waals surface area contributed by atoms with Crippen molar-refractivity contribution in [3.63, 3.8) is 0 Å². The summed E-state index contributed by atoms with van der Waals surface area (Å²) in [5, 5.41) is 1.43. The van der Waals surface area contributed by atoms with Crippen LogP contribution < -0.4 is 9.64 Å². The first-order chi connectivity index (χ1) is 13.4. The minimum Gasteiger partial charge on any atom is -0.481 e. The maximum Gasteiger partial charge on any atom is 0.263 e. The van der Waals surface area contributed by atoms with Gasteiger partial charge in [0.2, 0.25) is 0 Å². The van der Waals surface area contributed by atoms with Gasteiger partial charge in [-0.25, -0.2) is 0 Å². The van der Waals surface area contributed by atoms with Gasteiger partial charge in [0, 0.05) is 41.9 Å². The van der Waals surface area contributed by atoms with Crippen molar-refractivity contribution in [1.82, 2.24) is 4.90 Å². The molecule has 0 aliphatic carbocycles. The largest absolute Gasteiger partial charge is 0.481 e. The Morgan fingerprint density at radius 2 is 1.75 bits per heavy atom. The highest BCUT2D eigenvalue weighted by Crippen LogP contribution is 2.26. The highest BCUT2D eigenvalue weighted by Gasteiger charge is 2.28. The number of carbonyl (C=O) groups excluding carboxylic acids is 1. The van der Waals surface area contributed by atoms with Crippen LogP contribution in [0, 0.1) is 13.8 Å². The maximum atomic E-state index is 13.0. The second kappa shape index (κ2) is 9.06. The van der Waals surface area contributed by atoms with E-state index >= 15 is 0 Å². The number of halogens is 2. The molecule has 0 saturated carbocycles. The van der Waals surface area contributed by atoms with E-state index in [1.165, 1.54) is 5.56 Å². The van der Waals surface area contributed by atoms with Crippen LogP contribution in [0.2, 0.25) is 10.0 Å². The van der Waals surface area contributed by atoms with Crippen LogP contribution in [0.1, 0.15) is 24.5 Å². The third-order valence-corrected chi connectivity index (χ3v) is 5.82. The van der Waals surface area contributed by atoms with Crippen LogP contribution in [0.4, 0.5) is 5.69 Å². The number of hydrogen-bond donors (Lipinski definition) is 0. The number of anilines is 1. The normalized spacial score (nSPS) is 15.5. The lowest BCUT2D eigenvalue weighted by Crippen LogP contribution is -2.52. The molecule has 1 atom stereocenters. The van der Waals surface area contributed by atoms with Gasteiger partial charge in [0.1, 0.15) is 5.75 Å². The van der Waals surface area contributed by atoms with Gasteiger partial charge in [-0.3, -0.25) is 4.79 Å². The van der Waals surface area contributed by atoms with E-state index in [-0.39, 0.29) is 5.91 Å². The van der Waals surface area contributed by atoms with E-state index in [0.29, 0.717) is 30.3 Å². The van der Waals surface area contributed by atoms with E-state index in [1.54, 1.807) is 6.07 Å². The monoisotopic (exact) mass is 420 g/mol. The van der Waals surface area contributed by atoms with Crippen molar-refractivity contribution in [3.05, 3.63) is 57.6 Å². The molecular formula is C22H26Cl2N2O2. The molecular weight excluding hydrogens is 395 g/mol. The van der Waals surface area contributed by atoms with Crippen LogP contribution in [0.5, 0.6) is 5.75 Å². The Morgan fingerprint density at radius 3 is 2.39 bits per heavy atom. The summed E-state index contributed by atoms with van der Waals surface area (Å²) in [7, 11) is 0. The Balaban J connectivity index is 1.63. The Bertz CT molecular complexity index is 848. The van der Waals surface area contributed by atoms with E-state index < -0.39 is 6.10 Å². The maximum absolute atomic E-state index is 13.0. The van der Waals surface area contributed by atoms with Crippen LogP contribution in [-0.2, 0) is 4.79 Å². The first kappa shape index (κ1) is 20.8. The molecule has 0 aromatic heterocycles. The molecule has 1 aliphatic heterocycles. The number of benzene rings is 2. The molecule has 0 spiro atoms. The minimum absolute atomic E-state index is 0.0394. The Hall–Kier alpha value is -1.91. The molecule has 2 aromatic carbocycles. The number of rotatable bonds is 5. The summed E-state index contributed by atoms with van der Waals surface area (Å²) in [5.74, 6) is 0.716. The third-order valence-electron chi connectivity index (χ3n) is 5.16. The number of aryl methyl sites for hydroxylation is 2. The van der Waals surface area contributed by atoms with Gasteiger partial charge in [-0.15, -0.1) is 0 Å². The topological polar surface area (TPSA) is 32.8 Å². The van der Waals surface area contributed by atoms with E-state index in [0.717, 1.165) is 29.4 Å². The number of amides is 1. The van der Waals surface area contributed by atoms with Crippen LogP contribution in [-0.4, -0.2) is 43.1 Å². The summed E-state index contributed by atoms with van der Waals surface area (Å²) in [4.78, 5) is 17.2. The zero-order valence-electron chi connectivity index (χ0n) is 16.5. The Kier molecular flexibility index (Phi) is 6.73. The third kappa shape index (κ3) is 4.73. The van der Waals surface area contributed by atoms with Crippen molar-refractivity contribution in [2.24, 2.45) is 0 Å². The van der Waals surface area contributed by atoms with Crippen LogP contribution in [0.15, 0.2) is 36.4 Å². The zero-order chi connectivity index (χ0) is 20.3. The van der Waals surface area contributed by atoms with Crippen molar-refractivity contribution in [2.75, 3.05) is 31.1 Å². The second-order valence-corrected chi connectivity index (χ2v) is 8.01. The molecule has 28 heavy (non-hydrogen) atoms. The van der Waals surface area contributed by atoms with Gasteiger partial charge >= 0.3 is 0 Å². The lowest BCUT2D eigenvalue weighted by molar-refractivity contribution is -0.139. The molecule has 0 N–H and O–H groups in total. The molecule has 0 unspecified atom stereocenters. The zero-order valence-corrected chi connectivity index (χ0v) is 18.1. The fourth-order valence-corrected chi connectivity index (χ4v) is 3.74. The number of ether oxygens (including phenoxy) is 1. The molecule has 2 aromatic rings. The van der Waals surface area contributed by atoms with Crippen molar-refractivity contribution in [1.29, 1.82) is 0 Å². The molecule has 1 fully saturated rings. The summed E-state index contributed by atoms with van der Waals surface area (Å²) in [6, 6.07) is 11.4. The summed E-state index contributed by atoms with van der Waals surface area (Å²) in [6.07, 6.45) is 0.133. The second-order valence-electron chi connectivity index (χ2n) is 7.17. The molecule has 150 valence electrons. The lowest BCUT2D eigenvalue weighted by Gasteiger charge is -2.38. The van der Waals surface area contributed by atoms with Gasteiger partial charge in [0.05, 0.1) is 0 Å². The van der Waals surface area contributed by atoms with Gasteiger partial charge in [0.25, 0.3) is 5.91 Å². The van der Waals surface area contributed by atoms with Gasteiger partial charge < -0.3 is 14.5 Å². The average molecular weight is 421 g/mol. The fourth-order valence-electron chi connectivity index (χ4n) is 3.46. The SMILES string of the molecule is CC[C@H](Oc1ccc(Cl)c(C)c1)C(=O)N1CCN(c2cc(Cl)ccc2C)CC1. The smallest absolute Gasteiger partial charge is 0.263 e. The van der Waals surface area contributed by atoms with Crippen molar-refractivity contribution >= 4 is 34.8 Å². The lowest BCUT2D eigenvalue weighted by atomic mass is 10.1. The van der Waals surface area contributed by atoms with Gasteiger partial charge in [-0.05, 0) is 61.7 Å². The molecule has 1 saturated heterocycles. The number of hydrogen-bond acceptors (Lipinski definition) is 3. The summed E-state index contributed by atoms with van der Waals surface area (Å²) < 4.78 is 5.98. The molecule has 1 aliphatic rings. The van der Waals surface area contributed by atoms with Gasteiger partial charge in [-0.2, -0.15) is 0 Å². The molecule has 0 bridgehead atoms. The highest BCUT2D eigenvalue weighted by atomic mass is 35.5. The predicted molar refractivity (Wildman–Crippen MR) is 116 cm³/mol. The number of nitrogens with zero attached hydrogens (tertiary/aromatic N) is 2. The molecule has 4 nitrogen and oxygen atoms in total. The molecule has 3 rings (SSSR count). The summed E-state index contributed by atoms with van der Waals surface area (Å²) >= 11 is 12.2. The standard InChI is InChI=1S/C22H26Cl2N2O2/c1-4-21(28-18-7-8-19(24)16(3)13-18)22(27)26-11-9-25(10-12-26)20-14-17(23)6-5-15(20)2/h5-8,13-14,21H,4,9-12H2,1-3H3/t21-/m0/s1. The number of piperazine rings is 1. The van der Waals surface area contributed by atoms with E-state index in [4.69, 9.17) is 27.9 Å². The van der Waals surface area contributed by atoms with Crippen LogP contribution in [0.25, 0.3) is 0 Å². The van der Waals surface area contributed by atoms with E-state index in [2.05, 4.69) is 11.8 Å². The Labute approximate surface area is 177 Å². The van der Waals surface area contributed by atoms with Gasteiger partial charge in [-0.1, -0.05) is 36.2 Å². The van der Waals surface area contributed by atoms with Crippen LogP contribution in [0.3, 0.4) is 0 Å². The minimum atomic E-state index is -0.486. The molecule has 0 radical (unpaired) electrons. The highest BCUT2D eigenvalue weighted by molar-refractivity contribution is 6.31. The fraction of sp³-hybridized carbons (Fsp3) is 0.409. The number of carbonyl (C=O) groups is 1. The van der Waals surface area contributed by atoms with Crippen LogP contribution >= 0.6 is 23.2 Å².